The van der Waals surface area contributed by atoms with Gasteiger partial charge in [0.15, 0.2) is 17.5 Å². The average Bonchev–Trinajstić information content (AvgIpc) is 3.39. The molecule has 1 aromatic heterocycles. The van der Waals surface area contributed by atoms with Crippen molar-refractivity contribution in [2.75, 3.05) is 41.0 Å². The number of methoxy groups -OCH3 is 3. The number of hydrogen-bond donors (Lipinski definition) is 1. The SMILES string of the molecule is CCNC(=NCc1ccc(OC)c(OC)c1OC)N1CCC(c2cnn(C)c2)C1.I. The Morgan fingerprint density at radius 2 is 1.97 bits per heavy atom. The van der Waals surface area contributed by atoms with E-state index in [0.717, 1.165) is 37.6 Å². The largest absolute Gasteiger partial charge is 0.493 e. The highest BCUT2D eigenvalue weighted by Gasteiger charge is 2.27. The van der Waals surface area contributed by atoms with E-state index in [1.165, 1.54) is 5.56 Å². The van der Waals surface area contributed by atoms with Gasteiger partial charge in [-0.25, -0.2) is 4.99 Å². The van der Waals surface area contributed by atoms with Crippen molar-refractivity contribution in [1.82, 2.24) is 20.0 Å². The first-order valence-corrected chi connectivity index (χ1v) is 9.90. The predicted molar refractivity (Wildman–Crippen MR) is 128 cm³/mol. The van der Waals surface area contributed by atoms with Gasteiger partial charge < -0.3 is 24.4 Å². The molecule has 9 heteroatoms. The van der Waals surface area contributed by atoms with Crippen LogP contribution in [0.15, 0.2) is 29.5 Å². The van der Waals surface area contributed by atoms with Gasteiger partial charge in [-0.15, -0.1) is 24.0 Å². The summed E-state index contributed by atoms with van der Waals surface area (Å²) in [5.74, 6) is 3.27. The normalized spacial score (nSPS) is 16.2. The summed E-state index contributed by atoms with van der Waals surface area (Å²) < 4.78 is 18.3. The summed E-state index contributed by atoms with van der Waals surface area (Å²) in [4.78, 5) is 7.19. The van der Waals surface area contributed by atoms with Gasteiger partial charge in [-0.05, 0) is 31.0 Å². The molecular formula is C21H32IN5O3. The Morgan fingerprint density at radius 1 is 1.20 bits per heavy atom. The van der Waals surface area contributed by atoms with Gasteiger partial charge in [0.05, 0.1) is 34.1 Å². The van der Waals surface area contributed by atoms with Crippen molar-refractivity contribution in [2.24, 2.45) is 12.0 Å². The molecule has 1 fully saturated rings. The fourth-order valence-electron chi connectivity index (χ4n) is 3.75. The summed E-state index contributed by atoms with van der Waals surface area (Å²) in [5, 5.41) is 7.73. The van der Waals surface area contributed by atoms with Crippen LogP contribution in [0.25, 0.3) is 0 Å². The smallest absolute Gasteiger partial charge is 0.203 e. The summed E-state index contributed by atoms with van der Waals surface area (Å²) >= 11 is 0. The molecule has 1 N–H and O–H groups in total. The second kappa shape index (κ2) is 11.3. The van der Waals surface area contributed by atoms with E-state index in [0.29, 0.717) is 29.7 Å². The maximum atomic E-state index is 5.59. The van der Waals surface area contributed by atoms with Crippen LogP contribution < -0.4 is 19.5 Å². The van der Waals surface area contributed by atoms with Crippen LogP contribution in [0.2, 0.25) is 0 Å². The Balaban J connectivity index is 0.00000320. The van der Waals surface area contributed by atoms with Crippen molar-refractivity contribution >= 4 is 29.9 Å². The zero-order chi connectivity index (χ0) is 20.8. The molecule has 1 aliphatic heterocycles. The lowest BCUT2D eigenvalue weighted by Gasteiger charge is -2.22. The van der Waals surface area contributed by atoms with Crippen LogP contribution >= 0.6 is 24.0 Å². The number of hydrogen-bond acceptors (Lipinski definition) is 5. The molecule has 1 saturated heterocycles. The minimum Gasteiger partial charge on any atom is -0.493 e. The standard InChI is InChI=1S/C21H31N5O3.HI/c1-6-22-21(26-10-9-16(14-26)17-12-24-25(2)13-17)23-11-15-7-8-18(27-3)20(29-5)19(15)28-4;/h7-8,12-13,16H,6,9-11,14H2,1-5H3,(H,22,23);1H. The minimum atomic E-state index is 0. The first-order chi connectivity index (χ1) is 14.1. The quantitative estimate of drug-likeness (QED) is 0.338. The molecule has 1 atom stereocenters. The molecule has 30 heavy (non-hydrogen) atoms. The van der Waals surface area contributed by atoms with Gasteiger partial charge in [0.25, 0.3) is 0 Å². The third kappa shape index (κ3) is 5.30. The van der Waals surface area contributed by atoms with E-state index in [-0.39, 0.29) is 24.0 Å². The zero-order valence-electron chi connectivity index (χ0n) is 18.3. The van der Waals surface area contributed by atoms with Crippen LogP contribution in [-0.2, 0) is 13.6 Å². The second-order valence-corrected chi connectivity index (χ2v) is 7.04. The van der Waals surface area contributed by atoms with E-state index in [4.69, 9.17) is 19.2 Å². The summed E-state index contributed by atoms with van der Waals surface area (Å²) in [5.41, 5.74) is 2.23. The van der Waals surface area contributed by atoms with Crippen LogP contribution in [-0.4, -0.2) is 61.6 Å². The molecule has 3 rings (SSSR count). The molecule has 1 unspecified atom stereocenters. The summed E-state index contributed by atoms with van der Waals surface area (Å²) in [6.45, 7) is 5.28. The topological polar surface area (TPSA) is 73.1 Å². The Bertz CT molecular complexity index is 855. The van der Waals surface area contributed by atoms with Crippen molar-refractivity contribution in [3.63, 3.8) is 0 Å². The van der Waals surface area contributed by atoms with Crippen LogP contribution in [0.3, 0.4) is 0 Å². The lowest BCUT2D eigenvalue weighted by molar-refractivity contribution is 0.322. The fourth-order valence-corrected chi connectivity index (χ4v) is 3.75. The maximum absolute atomic E-state index is 5.59. The molecule has 0 radical (unpaired) electrons. The van der Waals surface area contributed by atoms with Crippen molar-refractivity contribution in [3.05, 3.63) is 35.7 Å². The number of nitrogens with one attached hydrogen (secondary N) is 1. The first kappa shape index (κ1) is 24.1. The van der Waals surface area contributed by atoms with Crippen LogP contribution in [0.1, 0.15) is 30.4 Å². The molecule has 8 nitrogen and oxygen atoms in total. The molecule has 166 valence electrons. The Hall–Kier alpha value is -2.17. The number of likely N-dealkylation sites (tertiary alicyclic amines) is 1. The van der Waals surface area contributed by atoms with Crippen molar-refractivity contribution < 1.29 is 14.2 Å². The monoisotopic (exact) mass is 529 g/mol. The number of aliphatic imine (C=N–C) groups is 1. The number of nitrogens with zero attached hydrogens (tertiary/aromatic N) is 4. The van der Waals surface area contributed by atoms with E-state index < -0.39 is 0 Å². The number of guanidine groups is 1. The first-order valence-electron chi connectivity index (χ1n) is 9.90. The molecule has 0 saturated carbocycles. The lowest BCUT2D eigenvalue weighted by atomic mass is 10.0. The number of halogens is 1. The van der Waals surface area contributed by atoms with Gasteiger partial charge >= 0.3 is 0 Å². The van der Waals surface area contributed by atoms with Gasteiger partial charge in [-0.1, -0.05) is 0 Å². The summed E-state index contributed by atoms with van der Waals surface area (Å²) in [7, 11) is 6.82. The molecule has 1 aromatic carbocycles. The highest BCUT2D eigenvalue weighted by Crippen LogP contribution is 2.40. The highest BCUT2D eigenvalue weighted by atomic mass is 127. The number of aromatic nitrogens is 2. The van der Waals surface area contributed by atoms with Crippen molar-refractivity contribution in [1.29, 1.82) is 0 Å². The number of benzene rings is 1. The summed E-state index contributed by atoms with van der Waals surface area (Å²) in [6.07, 6.45) is 5.16. The van der Waals surface area contributed by atoms with Gasteiger partial charge in [0.1, 0.15) is 0 Å². The molecule has 2 heterocycles. The molecule has 0 amide bonds. The van der Waals surface area contributed by atoms with Gasteiger partial charge in [-0.2, -0.15) is 5.10 Å². The molecular weight excluding hydrogens is 497 g/mol. The van der Waals surface area contributed by atoms with E-state index in [1.807, 2.05) is 30.1 Å². The van der Waals surface area contributed by atoms with Gasteiger partial charge in [0, 0.05) is 44.4 Å². The van der Waals surface area contributed by atoms with Crippen LogP contribution in [0.5, 0.6) is 17.2 Å². The number of rotatable bonds is 7. The molecule has 0 spiro atoms. The zero-order valence-corrected chi connectivity index (χ0v) is 20.7. The molecule has 0 aliphatic carbocycles. The van der Waals surface area contributed by atoms with Crippen molar-refractivity contribution in [3.8, 4) is 17.2 Å². The maximum Gasteiger partial charge on any atom is 0.203 e. The van der Waals surface area contributed by atoms with Gasteiger partial charge in [-0.3, -0.25) is 4.68 Å². The van der Waals surface area contributed by atoms with Crippen LogP contribution in [0.4, 0.5) is 0 Å². The number of aryl methyl sites for hydroxylation is 1. The van der Waals surface area contributed by atoms with E-state index in [2.05, 4.69) is 28.4 Å². The van der Waals surface area contributed by atoms with Gasteiger partial charge in [0.2, 0.25) is 5.75 Å². The lowest BCUT2D eigenvalue weighted by Crippen LogP contribution is -2.40. The number of ether oxygens (including phenoxy) is 3. The minimum absolute atomic E-state index is 0. The Labute approximate surface area is 195 Å². The van der Waals surface area contributed by atoms with E-state index in [1.54, 1.807) is 21.3 Å². The molecule has 2 aromatic rings. The van der Waals surface area contributed by atoms with E-state index in [9.17, 15) is 0 Å². The predicted octanol–water partition coefficient (Wildman–Crippen LogP) is 3.02. The third-order valence-electron chi connectivity index (χ3n) is 5.20. The van der Waals surface area contributed by atoms with E-state index >= 15 is 0 Å². The Morgan fingerprint density at radius 3 is 2.57 bits per heavy atom. The van der Waals surface area contributed by atoms with Crippen molar-refractivity contribution in [2.45, 2.75) is 25.8 Å². The Kier molecular flexibility index (Phi) is 9.07. The third-order valence-corrected chi connectivity index (χ3v) is 5.20. The summed E-state index contributed by atoms with van der Waals surface area (Å²) in [6, 6.07) is 3.85. The molecule has 0 bridgehead atoms. The van der Waals surface area contributed by atoms with Crippen LogP contribution in [0, 0.1) is 0 Å². The average molecular weight is 529 g/mol. The molecule has 1 aliphatic rings. The highest BCUT2D eigenvalue weighted by molar-refractivity contribution is 14.0. The second-order valence-electron chi connectivity index (χ2n) is 7.04. The fraction of sp³-hybridized carbons (Fsp3) is 0.524.